The summed E-state index contributed by atoms with van der Waals surface area (Å²) in [6, 6.07) is 2.01. The number of ether oxygens (including phenoxy) is 2. The Bertz CT molecular complexity index is 1790. The van der Waals surface area contributed by atoms with E-state index in [0.29, 0.717) is 29.5 Å². The molecule has 0 radical (unpaired) electrons. The van der Waals surface area contributed by atoms with E-state index in [1.54, 1.807) is 25.7 Å². The van der Waals surface area contributed by atoms with Gasteiger partial charge in [-0.1, -0.05) is 20.8 Å². The maximum atomic E-state index is 16.5. The van der Waals surface area contributed by atoms with Crippen molar-refractivity contribution >= 4 is 49.4 Å². The number of halogens is 3. The molecular formula is C31H33F3N6O3S. The lowest BCUT2D eigenvalue weighted by atomic mass is 9.94. The van der Waals surface area contributed by atoms with Crippen LogP contribution in [-0.4, -0.2) is 45.9 Å². The number of amides is 1. The van der Waals surface area contributed by atoms with Crippen LogP contribution in [0.2, 0.25) is 0 Å². The van der Waals surface area contributed by atoms with E-state index in [0.717, 1.165) is 23.5 Å². The Morgan fingerprint density at radius 3 is 2.55 bits per heavy atom. The first-order valence-electron chi connectivity index (χ1n) is 14.3. The number of nitrogens with zero attached hydrogens (tertiary/aromatic N) is 5. The van der Waals surface area contributed by atoms with E-state index in [9.17, 15) is 14.4 Å². The first-order valence-corrected chi connectivity index (χ1v) is 15.1. The maximum Gasteiger partial charge on any atom is 0.412 e. The molecule has 0 aliphatic carbocycles. The van der Waals surface area contributed by atoms with Crippen molar-refractivity contribution in [2.75, 3.05) is 23.3 Å². The van der Waals surface area contributed by atoms with Gasteiger partial charge in [-0.15, -0.1) is 11.3 Å². The zero-order valence-corrected chi connectivity index (χ0v) is 26.2. The van der Waals surface area contributed by atoms with Gasteiger partial charge in [0.25, 0.3) is 0 Å². The number of fused-ring (bicyclic) bond motifs is 4. The summed E-state index contributed by atoms with van der Waals surface area (Å²) in [6.45, 7) is 12.3. The number of anilines is 2. The molecule has 13 heteroatoms. The Morgan fingerprint density at radius 2 is 1.91 bits per heavy atom. The Kier molecular flexibility index (Phi) is 8.68. The molecule has 2 aliphatic rings. The number of pyridine rings is 1. The Labute approximate surface area is 257 Å². The first-order chi connectivity index (χ1) is 20.8. The van der Waals surface area contributed by atoms with Crippen molar-refractivity contribution in [2.24, 2.45) is 5.92 Å². The third-order valence-corrected chi connectivity index (χ3v) is 7.85. The third-order valence-electron chi connectivity index (χ3n) is 6.73. The largest absolute Gasteiger partial charge is 0.444 e. The molecule has 1 saturated heterocycles. The molecule has 1 amide bonds. The van der Waals surface area contributed by atoms with Crippen LogP contribution < -0.4 is 10.2 Å². The van der Waals surface area contributed by atoms with E-state index in [1.165, 1.54) is 6.20 Å². The first kappa shape index (κ1) is 31.4. The van der Waals surface area contributed by atoms with Crippen molar-refractivity contribution in [3.8, 4) is 17.3 Å². The maximum absolute atomic E-state index is 16.5. The van der Waals surface area contributed by atoms with Gasteiger partial charge in [0.1, 0.15) is 28.4 Å². The van der Waals surface area contributed by atoms with E-state index < -0.39 is 29.5 Å². The molecule has 1 atom stereocenters. The molecule has 1 N–H and O–H groups in total. The SMILES string of the molecule is CC(C)(C)OC(=O)Nc1sc2c(F)cnc(-c3c4c(c5cnc(N6CCC(F)C6)nc5c3F)COC4)c2c1C#N.CC(C)C. The monoisotopic (exact) mass is 626 g/mol. The van der Waals surface area contributed by atoms with Gasteiger partial charge in [-0.25, -0.2) is 27.9 Å². The highest BCUT2D eigenvalue weighted by atomic mass is 32.1. The van der Waals surface area contributed by atoms with Crippen molar-refractivity contribution in [2.45, 2.75) is 72.9 Å². The van der Waals surface area contributed by atoms with Crippen LogP contribution in [0, 0.1) is 28.9 Å². The number of thiophene rings is 1. The van der Waals surface area contributed by atoms with Gasteiger partial charge in [-0.2, -0.15) is 5.26 Å². The van der Waals surface area contributed by atoms with E-state index >= 15 is 8.78 Å². The number of carbonyl (C=O) groups excluding carboxylic acids is 1. The molecule has 232 valence electrons. The molecule has 1 aromatic carbocycles. The lowest BCUT2D eigenvalue weighted by Gasteiger charge is -2.19. The van der Waals surface area contributed by atoms with Crippen LogP contribution in [0.4, 0.5) is 28.9 Å². The molecule has 44 heavy (non-hydrogen) atoms. The van der Waals surface area contributed by atoms with Crippen LogP contribution in [0.15, 0.2) is 12.4 Å². The van der Waals surface area contributed by atoms with E-state index in [-0.39, 0.29) is 63.1 Å². The normalized spacial score (nSPS) is 16.2. The molecule has 1 unspecified atom stereocenters. The van der Waals surface area contributed by atoms with Gasteiger partial charge in [0.05, 0.1) is 41.9 Å². The van der Waals surface area contributed by atoms with Crippen molar-refractivity contribution in [1.82, 2.24) is 15.0 Å². The second kappa shape index (κ2) is 12.2. The van der Waals surface area contributed by atoms with E-state index in [1.807, 2.05) is 6.07 Å². The Balaban J connectivity index is 0.000000906. The van der Waals surface area contributed by atoms with Crippen LogP contribution in [0.1, 0.15) is 64.7 Å². The number of benzene rings is 1. The highest BCUT2D eigenvalue weighted by molar-refractivity contribution is 7.23. The zero-order chi connectivity index (χ0) is 31.9. The van der Waals surface area contributed by atoms with Crippen molar-refractivity contribution in [1.29, 1.82) is 5.26 Å². The van der Waals surface area contributed by atoms with E-state index in [4.69, 9.17) is 9.47 Å². The van der Waals surface area contributed by atoms with Crippen LogP contribution in [0.5, 0.6) is 0 Å². The molecule has 4 aromatic rings. The number of hydrogen-bond donors (Lipinski definition) is 1. The summed E-state index contributed by atoms with van der Waals surface area (Å²) in [5.74, 6) is -0.437. The van der Waals surface area contributed by atoms with Crippen LogP contribution in [0.3, 0.4) is 0 Å². The topological polar surface area (TPSA) is 113 Å². The second-order valence-corrected chi connectivity index (χ2v) is 13.4. The number of hydrogen-bond acceptors (Lipinski definition) is 9. The van der Waals surface area contributed by atoms with E-state index in [2.05, 4.69) is 41.0 Å². The van der Waals surface area contributed by atoms with Crippen molar-refractivity contribution < 1.29 is 27.4 Å². The van der Waals surface area contributed by atoms with Gasteiger partial charge in [-0.05, 0) is 44.2 Å². The summed E-state index contributed by atoms with van der Waals surface area (Å²) in [5, 5.41) is 13.1. The molecular weight excluding hydrogens is 593 g/mol. The lowest BCUT2D eigenvalue weighted by molar-refractivity contribution is 0.0636. The second-order valence-electron chi connectivity index (χ2n) is 12.3. The molecule has 9 nitrogen and oxygen atoms in total. The number of nitriles is 1. The third kappa shape index (κ3) is 6.14. The molecule has 5 heterocycles. The van der Waals surface area contributed by atoms with Gasteiger partial charge in [0.2, 0.25) is 5.95 Å². The number of aromatic nitrogens is 3. The number of alkyl halides is 1. The highest BCUT2D eigenvalue weighted by Crippen LogP contribution is 2.46. The Hall–Kier alpha value is -4.02. The minimum absolute atomic E-state index is 0.00771. The minimum atomic E-state index is -1.02. The predicted octanol–water partition coefficient (Wildman–Crippen LogP) is 7.64. The summed E-state index contributed by atoms with van der Waals surface area (Å²) in [7, 11) is 0. The quantitative estimate of drug-likeness (QED) is 0.247. The van der Waals surface area contributed by atoms with Crippen molar-refractivity contribution in [3.63, 3.8) is 0 Å². The molecule has 2 aliphatic heterocycles. The molecule has 6 rings (SSSR count). The fourth-order valence-electron chi connectivity index (χ4n) is 5.05. The van der Waals surface area contributed by atoms with Crippen LogP contribution in [-0.2, 0) is 22.7 Å². The summed E-state index contributed by atoms with van der Waals surface area (Å²) in [5.41, 5.74) is 0.305. The van der Waals surface area contributed by atoms with Gasteiger partial charge < -0.3 is 14.4 Å². The van der Waals surface area contributed by atoms with Gasteiger partial charge in [-0.3, -0.25) is 10.3 Å². The lowest BCUT2D eigenvalue weighted by Crippen LogP contribution is -2.27. The molecule has 0 saturated carbocycles. The summed E-state index contributed by atoms with van der Waals surface area (Å²) in [6.07, 6.45) is 0.954. The van der Waals surface area contributed by atoms with Gasteiger partial charge >= 0.3 is 6.09 Å². The number of rotatable bonds is 3. The molecule has 0 bridgehead atoms. The Morgan fingerprint density at radius 1 is 1.20 bits per heavy atom. The minimum Gasteiger partial charge on any atom is -0.444 e. The molecule has 3 aromatic heterocycles. The van der Waals surface area contributed by atoms with Gasteiger partial charge in [0.15, 0.2) is 11.6 Å². The fourth-order valence-corrected chi connectivity index (χ4v) is 6.09. The van der Waals surface area contributed by atoms with Gasteiger partial charge in [0, 0.05) is 29.1 Å². The van der Waals surface area contributed by atoms with Crippen molar-refractivity contribution in [3.05, 3.63) is 40.7 Å². The molecule has 1 fully saturated rings. The molecule has 0 spiro atoms. The smallest absolute Gasteiger partial charge is 0.412 e. The van der Waals surface area contributed by atoms with Crippen LogP contribution in [0.25, 0.3) is 32.2 Å². The summed E-state index contributed by atoms with van der Waals surface area (Å²) < 4.78 is 56.3. The average Bonchev–Trinajstić information content (AvgIpc) is 3.67. The summed E-state index contributed by atoms with van der Waals surface area (Å²) in [4.78, 5) is 27.2. The predicted molar refractivity (Wildman–Crippen MR) is 163 cm³/mol. The average molecular weight is 627 g/mol. The number of nitrogens with one attached hydrogen (secondary N) is 1. The number of carbonyl (C=O) groups is 1. The summed E-state index contributed by atoms with van der Waals surface area (Å²) >= 11 is 0.830. The van der Waals surface area contributed by atoms with Crippen LogP contribution >= 0.6 is 11.3 Å². The standard InChI is InChI=1S/C27H23F3N6O3S.C4H10/c1-27(2,3)39-26(37)35-24-13(6-31)19-22(32-8-17(29)23(19)40-24)18-16-11-38-10-15(16)14-7-33-25(34-21(14)20(18)30)36-5-4-12(28)9-36;1-4(2)3/h7-8,12H,4-5,9-11H2,1-3H3,(H,35,37);4H,1-3H3. The fraction of sp³-hybridized carbons (Fsp3) is 0.452. The highest BCUT2D eigenvalue weighted by Gasteiger charge is 2.32. The zero-order valence-electron chi connectivity index (χ0n) is 25.3.